The highest BCUT2D eigenvalue weighted by molar-refractivity contribution is 6.58. The molecule has 0 saturated carbocycles. The van der Waals surface area contributed by atoms with E-state index in [1.54, 1.807) is 6.07 Å². The van der Waals surface area contributed by atoms with E-state index in [2.05, 4.69) is 16.8 Å². The minimum absolute atomic E-state index is 0.0721. The van der Waals surface area contributed by atoms with Crippen molar-refractivity contribution in [1.82, 2.24) is 9.80 Å². The Labute approximate surface area is 107 Å². The lowest BCUT2D eigenvalue weighted by molar-refractivity contribution is 0.148. The van der Waals surface area contributed by atoms with E-state index >= 15 is 0 Å². The molecule has 0 spiro atoms. The lowest BCUT2D eigenvalue weighted by atomic mass is 9.79. The molecule has 0 atom stereocenters. The molecule has 2 N–H and O–H groups in total. The van der Waals surface area contributed by atoms with Crippen molar-refractivity contribution < 1.29 is 14.4 Å². The van der Waals surface area contributed by atoms with Gasteiger partial charge in [-0.2, -0.15) is 0 Å². The van der Waals surface area contributed by atoms with Gasteiger partial charge in [0.2, 0.25) is 0 Å². The Morgan fingerprint density at radius 3 is 2.44 bits per heavy atom. The Morgan fingerprint density at radius 1 is 1.22 bits per heavy atom. The second-order valence-corrected chi connectivity index (χ2v) is 4.81. The number of benzene rings is 1. The molecule has 1 aliphatic rings. The Kier molecular flexibility index (Phi) is 4.34. The molecule has 1 aromatic rings. The number of likely N-dealkylation sites (N-methyl/N-ethyl adjacent to an activating group) is 1. The summed E-state index contributed by atoms with van der Waals surface area (Å²) in [7, 11) is 0.344. The molecule has 0 aliphatic carbocycles. The van der Waals surface area contributed by atoms with E-state index in [1.807, 2.05) is 0 Å². The van der Waals surface area contributed by atoms with Crippen molar-refractivity contribution >= 4 is 12.6 Å². The smallest absolute Gasteiger partial charge is 0.423 e. The summed E-state index contributed by atoms with van der Waals surface area (Å²) in [5.74, 6) is -0.559. The summed E-state index contributed by atoms with van der Waals surface area (Å²) >= 11 is 0. The average Bonchev–Trinajstić information content (AvgIpc) is 2.32. The second kappa shape index (κ2) is 5.80. The standard InChI is InChI=1S/C12H18BFN2O2/c1-15-4-6-16(7-5-15)9-10-2-3-11(13(17)18)12(14)8-10/h2-3,8,17-18H,4-7,9H2,1H3. The van der Waals surface area contributed by atoms with Crippen LogP contribution in [0.25, 0.3) is 0 Å². The maximum atomic E-state index is 13.6. The number of nitrogens with zero attached hydrogens (tertiary/aromatic N) is 2. The summed E-state index contributed by atoms with van der Waals surface area (Å²) in [6.45, 7) is 4.70. The normalized spacial score (nSPS) is 18.0. The molecule has 1 fully saturated rings. The van der Waals surface area contributed by atoms with E-state index in [-0.39, 0.29) is 5.46 Å². The summed E-state index contributed by atoms with van der Waals surface area (Å²) < 4.78 is 13.6. The fourth-order valence-corrected chi connectivity index (χ4v) is 2.14. The molecule has 0 bridgehead atoms. The van der Waals surface area contributed by atoms with Crippen molar-refractivity contribution in [1.29, 1.82) is 0 Å². The quantitative estimate of drug-likeness (QED) is 0.695. The third-order valence-corrected chi connectivity index (χ3v) is 3.35. The van der Waals surface area contributed by atoms with Gasteiger partial charge in [0, 0.05) is 38.2 Å². The van der Waals surface area contributed by atoms with Gasteiger partial charge < -0.3 is 14.9 Å². The van der Waals surface area contributed by atoms with Gasteiger partial charge >= 0.3 is 7.12 Å². The van der Waals surface area contributed by atoms with E-state index in [0.717, 1.165) is 31.7 Å². The van der Waals surface area contributed by atoms with Crippen molar-refractivity contribution in [2.24, 2.45) is 0 Å². The SMILES string of the molecule is CN1CCN(Cc2ccc(B(O)O)c(F)c2)CC1. The number of halogens is 1. The molecule has 18 heavy (non-hydrogen) atoms. The molecule has 0 amide bonds. The van der Waals surface area contributed by atoms with E-state index in [0.29, 0.717) is 6.54 Å². The van der Waals surface area contributed by atoms with Gasteiger partial charge in [0.25, 0.3) is 0 Å². The first-order valence-electron chi connectivity index (χ1n) is 6.11. The van der Waals surface area contributed by atoms with E-state index in [4.69, 9.17) is 10.0 Å². The van der Waals surface area contributed by atoms with Crippen LogP contribution in [0, 0.1) is 5.82 Å². The van der Waals surface area contributed by atoms with Gasteiger partial charge in [-0.1, -0.05) is 12.1 Å². The zero-order valence-corrected chi connectivity index (χ0v) is 10.5. The van der Waals surface area contributed by atoms with Gasteiger partial charge in [0.05, 0.1) is 0 Å². The maximum Gasteiger partial charge on any atom is 0.491 e. The van der Waals surface area contributed by atoms with Gasteiger partial charge in [-0.15, -0.1) is 0 Å². The summed E-state index contributed by atoms with van der Waals surface area (Å²) in [6, 6.07) is 4.56. The van der Waals surface area contributed by atoms with Crippen LogP contribution >= 0.6 is 0 Å². The molecule has 98 valence electrons. The zero-order chi connectivity index (χ0) is 13.1. The highest BCUT2D eigenvalue weighted by Gasteiger charge is 2.18. The predicted octanol–water partition coefficient (Wildman–Crippen LogP) is -0.747. The van der Waals surface area contributed by atoms with Crippen LogP contribution in [0.15, 0.2) is 18.2 Å². The van der Waals surface area contributed by atoms with Crippen LogP contribution in [0.2, 0.25) is 0 Å². The first kappa shape index (κ1) is 13.5. The number of hydrogen-bond donors (Lipinski definition) is 2. The largest absolute Gasteiger partial charge is 0.491 e. The minimum atomic E-state index is -1.75. The lowest BCUT2D eigenvalue weighted by Crippen LogP contribution is -2.44. The monoisotopic (exact) mass is 252 g/mol. The molecular weight excluding hydrogens is 234 g/mol. The van der Waals surface area contributed by atoms with Crippen molar-refractivity contribution in [3.63, 3.8) is 0 Å². The van der Waals surface area contributed by atoms with Crippen LogP contribution in [-0.2, 0) is 6.54 Å². The Hall–Kier alpha value is -0.945. The second-order valence-electron chi connectivity index (χ2n) is 4.81. The highest BCUT2D eigenvalue weighted by atomic mass is 19.1. The third kappa shape index (κ3) is 3.29. The molecule has 1 heterocycles. The van der Waals surface area contributed by atoms with E-state index < -0.39 is 12.9 Å². The molecular formula is C12H18BFN2O2. The first-order valence-corrected chi connectivity index (χ1v) is 6.11. The van der Waals surface area contributed by atoms with Crippen LogP contribution in [0.5, 0.6) is 0 Å². The van der Waals surface area contributed by atoms with E-state index in [1.165, 1.54) is 12.1 Å². The minimum Gasteiger partial charge on any atom is -0.423 e. The van der Waals surface area contributed by atoms with Crippen LogP contribution in [0.3, 0.4) is 0 Å². The summed E-state index contributed by atoms with van der Waals surface area (Å²) in [5.41, 5.74) is 0.790. The molecule has 6 heteroatoms. The summed E-state index contributed by atoms with van der Waals surface area (Å²) in [4.78, 5) is 4.53. The van der Waals surface area contributed by atoms with Crippen LogP contribution in [0.4, 0.5) is 4.39 Å². The van der Waals surface area contributed by atoms with Gasteiger partial charge in [-0.05, 0) is 18.7 Å². The summed E-state index contributed by atoms with van der Waals surface area (Å²) in [6.07, 6.45) is 0. The third-order valence-electron chi connectivity index (χ3n) is 3.35. The molecule has 1 aromatic carbocycles. The summed E-state index contributed by atoms with van der Waals surface area (Å²) in [5, 5.41) is 17.9. The van der Waals surface area contributed by atoms with E-state index in [9.17, 15) is 4.39 Å². The zero-order valence-electron chi connectivity index (χ0n) is 10.5. The predicted molar refractivity (Wildman–Crippen MR) is 69.0 cm³/mol. The van der Waals surface area contributed by atoms with Gasteiger partial charge in [-0.25, -0.2) is 4.39 Å². The topological polar surface area (TPSA) is 46.9 Å². The average molecular weight is 252 g/mol. The molecule has 0 radical (unpaired) electrons. The van der Waals surface area contributed by atoms with Gasteiger partial charge in [0.1, 0.15) is 5.82 Å². The number of hydrogen-bond acceptors (Lipinski definition) is 4. The molecule has 1 saturated heterocycles. The molecule has 1 aliphatic heterocycles. The van der Waals surface area contributed by atoms with Crippen LogP contribution in [0.1, 0.15) is 5.56 Å². The van der Waals surface area contributed by atoms with Crippen molar-refractivity contribution in [2.75, 3.05) is 33.2 Å². The van der Waals surface area contributed by atoms with Crippen molar-refractivity contribution in [3.8, 4) is 0 Å². The number of rotatable bonds is 3. The Balaban J connectivity index is 2.00. The fraction of sp³-hybridized carbons (Fsp3) is 0.500. The molecule has 4 nitrogen and oxygen atoms in total. The molecule has 0 aromatic heterocycles. The number of piperazine rings is 1. The van der Waals surface area contributed by atoms with Crippen LogP contribution in [-0.4, -0.2) is 60.2 Å². The maximum absolute atomic E-state index is 13.6. The lowest BCUT2D eigenvalue weighted by Gasteiger charge is -2.32. The van der Waals surface area contributed by atoms with Crippen molar-refractivity contribution in [2.45, 2.75) is 6.54 Å². The van der Waals surface area contributed by atoms with Crippen molar-refractivity contribution in [3.05, 3.63) is 29.6 Å². The van der Waals surface area contributed by atoms with Gasteiger partial charge in [-0.3, -0.25) is 4.90 Å². The molecule has 0 unspecified atom stereocenters. The first-order chi connectivity index (χ1) is 8.56. The Morgan fingerprint density at radius 2 is 1.89 bits per heavy atom. The van der Waals surface area contributed by atoms with Gasteiger partial charge in [0.15, 0.2) is 0 Å². The Bertz CT molecular complexity index is 409. The highest BCUT2D eigenvalue weighted by Crippen LogP contribution is 2.08. The van der Waals surface area contributed by atoms with Crippen LogP contribution < -0.4 is 5.46 Å². The molecule has 2 rings (SSSR count). The fourth-order valence-electron chi connectivity index (χ4n) is 2.14.